The van der Waals surface area contributed by atoms with Crippen LogP contribution in [0.3, 0.4) is 0 Å². The first-order valence-corrected chi connectivity index (χ1v) is 5.69. The number of anilines is 1. The highest BCUT2D eigenvalue weighted by Crippen LogP contribution is 2.19. The van der Waals surface area contributed by atoms with Gasteiger partial charge in [-0.1, -0.05) is 17.7 Å². The number of aliphatic hydroxyl groups is 1. The molecule has 0 aromatic heterocycles. The molecular weight excluding hydrogens is 259 g/mol. The standard InChI is InChI=1S/C12H14ClFN2O2/c1-2-5-16(6-7-17)12(18)15-11-8-9(13)3-4-10(11)14/h2-4,8,17H,1,5-7H2,(H,15,18). The highest BCUT2D eigenvalue weighted by atomic mass is 35.5. The number of nitrogens with one attached hydrogen (secondary N) is 1. The van der Waals surface area contributed by atoms with Gasteiger partial charge in [-0.25, -0.2) is 9.18 Å². The molecule has 0 atom stereocenters. The van der Waals surface area contributed by atoms with E-state index in [0.717, 1.165) is 0 Å². The second-order valence-corrected chi connectivity index (χ2v) is 3.95. The summed E-state index contributed by atoms with van der Waals surface area (Å²) >= 11 is 5.71. The number of nitrogens with zero attached hydrogens (tertiary/aromatic N) is 1. The third-order valence-corrected chi connectivity index (χ3v) is 2.41. The maximum atomic E-state index is 13.4. The molecule has 1 rings (SSSR count). The first-order chi connectivity index (χ1) is 8.58. The molecule has 0 bridgehead atoms. The number of carbonyl (C=O) groups is 1. The molecule has 0 radical (unpaired) electrons. The van der Waals surface area contributed by atoms with Crippen LogP contribution in [0.4, 0.5) is 14.9 Å². The Bertz CT molecular complexity index is 440. The smallest absolute Gasteiger partial charge is 0.322 e. The van der Waals surface area contributed by atoms with E-state index >= 15 is 0 Å². The Balaban J connectivity index is 2.78. The molecule has 0 saturated heterocycles. The van der Waals surface area contributed by atoms with Crippen molar-refractivity contribution >= 4 is 23.3 Å². The minimum atomic E-state index is -0.574. The van der Waals surface area contributed by atoms with Crippen LogP contribution in [0, 0.1) is 5.82 Å². The van der Waals surface area contributed by atoms with E-state index in [1.54, 1.807) is 0 Å². The largest absolute Gasteiger partial charge is 0.395 e. The van der Waals surface area contributed by atoms with Gasteiger partial charge < -0.3 is 15.3 Å². The van der Waals surface area contributed by atoms with E-state index in [4.69, 9.17) is 16.7 Å². The zero-order valence-corrected chi connectivity index (χ0v) is 10.5. The van der Waals surface area contributed by atoms with Crippen molar-refractivity contribution in [1.82, 2.24) is 4.90 Å². The van der Waals surface area contributed by atoms with E-state index in [1.807, 2.05) is 0 Å². The molecular formula is C12H14ClFN2O2. The van der Waals surface area contributed by atoms with Crippen molar-refractivity contribution in [1.29, 1.82) is 0 Å². The van der Waals surface area contributed by atoms with Gasteiger partial charge >= 0.3 is 6.03 Å². The van der Waals surface area contributed by atoms with Gasteiger partial charge in [0.15, 0.2) is 0 Å². The van der Waals surface area contributed by atoms with E-state index in [0.29, 0.717) is 5.02 Å². The fourth-order valence-electron chi connectivity index (χ4n) is 1.34. The third kappa shape index (κ3) is 4.01. The predicted molar refractivity (Wildman–Crippen MR) is 69.3 cm³/mol. The quantitative estimate of drug-likeness (QED) is 0.809. The molecule has 0 aliphatic carbocycles. The van der Waals surface area contributed by atoms with E-state index in [9.17, 15) is 9.18 Å². The molecule has 2 N–H and O–H groups in total. The zero-order valence-electron chi connectivity index (χ0n) is 9.70. The number of hydrogen-bond donors (Lipinski definition) is 2. The number of urea groups is 1. The van der Waals surface area contributed by atoms with Crippen LogP contribution >= 0.6 is 11.6 Å². The number of hydrogen-bond acceptors (Lipinski definition) is 2. The van der Waals surface area contributed by atoms with Crippen LogP contribution in [0.25, 0.3) is 0 Å². The monoisotopic (exact) mass is 272 g/mol. The molecule has 6 heteroatoms. The molecule has 0 saturated carbocycles. The number of rotatable bonds is 5. The molecule has 0 aliphatic rings. The van der Waals surface area contributed by atoms with Gasteiger partial charge in [-0.2, -0.15) is 0 Å². The molecule has 4 nitrogen and oxygen atoms in total. The molecule has 98 valence electrons. The van der Waals surface area contributed by atoms with Gasteiger partial charge in [-0.15, -0.1) is 6.58 Å². The fraction of sp³-hybridized carbons (Fsp3) is 0.250. The maximum Gasteiger partial charge on any atom is 0.322 e. The van der Waals surface area contributed by atoms with Crippen LogP contribution in [0.15, 0.2) is 30.9 Å². The lowest BCUT2D eigenvalue weighted by atomic mass is 10.3. The second-order valence-electron chi connectivity index (χ2n) is 3.51. The van der Waals surface area contributed by atoms with Crippen LogP contribution < -0.4 is 5.32 Å². The lowest BCUT2D eigenvalue weighted by molar-refractivity contribution is 0.195. The summed E-state index contributed by atoms with van der Waals surface area (Å²) in [6.07, 6.45) is 1.52. The number of carbonyl (C=O) groups excluding carboxylic acids is 1. The van der Waals surface area contributed by atoms with Gasteiger partial charge in [0.2, 0.25) is 0 Å². The van der Waals surface area contributed by atoms with Crippen LogP contribution in [-0.2, 0) is 0 Å². The van der Waals surface area contributed by atoms with Crippen molar-refractivity contribution in [3.8, 4) is 0 Å². The number of benzene rings is 1. The van der Waals surface area contributed by atoms with Crippen LogP contribution in [0.5, 0.6) is 0 Å². The molecule has 18 heavy (non-hydrogen) atoms. The van der Waals surface area contributed by atoms with Crippen molar-refractivity contribution < 1.29 is 14.3 Å². The summed E-state index contributed by atoms with van der Waals surface area (Å²) < 4.78 is 13.4. The van der Waals surface area contributed by atoms with Crippen LogP contribution in [-0.4, -0.2) is 35.7 Å². The first-order valence-electron chi connectivity index (χ1n) is 5.31. The van der Waals surface area contributed by atoms with Gasteiger partial charge in [-0.3, -0.25) is 0 Å². The molecule has 0 heterocycles. The summed E-state index contributed by atoms with van der Waals surface area (Å²) in [5, 5.41) is 11.5. The van der Waals surface area contributed by atoms with E-state index < -0.39 is 11.8 Å². The maximum absolute atomic E-state index is 13.4. The Hall–Kier alpha value is -1.59. The molecule has 0 aliphatic heterocycles. The molecule has 1 aromatic rings. The van der Waals surface area contributed by atoms with Crippen molar-refractivity contribution in [2.75, 3.05) is 25.0 Å². The van der Waals surface area contributed by atoms with Crippen molar-refractivity contribution in [3.63, 3.8) is 0 Å². The normalized spacial score (nSPS) is 9.94. The molecule has 1 aromatic carbocycles. The van der Waals surface area contributed by atoms with Crippen molar-refractivity contribution in [2.24, 2.45) is 0 Å². The summed E-state index contributed by atoms with van der Waals surface area (Å²) in [5.74, 6) is -0.574. The molecule has 0 fully saturated rings. The van der Waals surface area contributed by atoms with Gasteiger partial charge in [0.05, 0.1) is 12.3 Å². The van der Waals surface area contributed by atoms with E-state index in [1.165, 1.54) is 29.2 Å². The summed E-state index contributed by atoms with van der Waals surface area (Å²) in [7, 11) is 0. The van der Waals surface area contributed by atoms with Crippen LogP contribution in [0.2, 0.25) is 5.02 Å². The Morgan fingerprint density at radius 2 is 2.33 bits per heavy atom. The Kier molecular flexibility index (Phi) is 5.61. The second kappa shape index (κ2) is 6.98. The Morgan fingerprint density at radius 1 is 1.61 bits per heavy atom. The van der Waals surface area contributed by atoms with E-state index in [2.05, 4.69) is 11.9 Å². The summed E-state index contributed by atoms with van der Waals surface area (Å²) in [5.41, 5.74) is -0.000461. The highest BCUT2D eigenvalue weighted by molar-refractivity contribution is 6.30. The predicted octanol–water partition coefficient (Wildman–Crippen LogP) is 2.49. The lowest BCUT2D eigenvalue weighted by Crippen LogP contribution is -2.37. The van der Waals surface area contributed by atoms with E-state index in [-0.39, 0.29) is 25.4 Å². The molecule has 0 unspecified atom stereocenters. The fourth-order valence-corrected chi connectivity index (χ4v) is 1.51. The summed E-state index contributed by atoms with van der Waals surface area (Å²) in [4.78, 5) is 13.1. The average molecular weight is 273 g/mol. The number of aliphatic hydroxyl groups excluding tert-OH is 1. The minimum Gasteiger partial charge on any atom is -0.395 e. The van der Waals surface area contributed by atoms with Gasteiger partial charge in [0, 0.05) is 18.1 Å². The average Bonchev–Trinajstić information content (AvgIpc) is 2.33. The first kappa shape index (κ1) is 14.5. The number of halogens is 2. The van der Waals surface area contributed by atoms with Gasteiger partial charge in [0.1, 0.15) is 5.82 Å². The van der Waals surface area contributed by atoms with Crippen molar-refractivity contribution in [2.45, 2.75) is 0 Å². The topological polar surface area (TPSA) is 52.6 Å². The summed E-state index contributed by atoms with van der Waals surface area (Å²) in [6, 6.07) is 3.36. The minimum absolute atomic E-state index is 0.000461. The van der Waals surface area contributed by atoms with Crippen molar-refractivity contribution in [3.05, 3.63) is 41.7 Å². The lowest BCUT2D eigenvalue weighted by Gasteiger charge is -2.20. The highest BCUT2D eigenvalue weighted by Gasteiger charge is 2.13. The SMILES string of the molecule is C=CCN(CCO)C(=O)Nc1cc(Cl)ccc1F. The third-order valence-electron chi connectivity index (χ3n) is 2.18. The molecule has 2 amide bonds. The zero-order chi connectivity index (χ0) is 13.5. The summed E-state index contributed by atoms with van der Waals surface area (Å²) in [6.45, 7) is 3.72. The van der Waals surface area contributed by atoms with Gasteiger partial charge in [0.25, 0.3) is 0 Å². The molecule has 0 spiro atoms. The Morgan fingerprint density at radius 3 is 2.94 bits per heavy atom. The van der Waals surface area contributed by atoms with Crippen LogP contribution in [0.1, 0.15) is 0 Å². The van der Waals surface area contributed by atoms with Gasteiger partial charge in [-0.05, 0) is 18.2 Å². The number of amides is 2. The Labute approximate surface area is 110 Å².